The second kappa shape index (κ2) is 6.68. The van der Waals surface area contributed by atoms with Crippen molar-refractivity contribution < 1.29 is 9.84 Å². The molecule has 1 aliphatic heterocycles. The van der Waals surface area contributed by atoms with Gasteiger partial charge >= 0.3 is 0 Å². The van der Waals surface area contributed by atoms with Gasteiger partial charge in [0.15, 0.2) is 0 Å². The number of hydrogen-bond acceptors (Lipinski definition) is 3. The van der Waals surface area contributed by atoms with E-state index in [4.69, 9.17) is 4.74 Å². The van der Waals surface area contributed by atoms with Gasteiger partial charge in [0.25, 0.3) is 0 Å². The normalized spacial score (nSPS) is 23.1. The number of thioether (sulfide) groups is 1. The number of aromatic hydroxyl groups is 1. The Labute approximate surface area is 146 Å². The van der Waals surface area contributed by atoms with Crippen molar-refractivity contribution in [1.29, 1.82) is 0 Å². The zero-order valence-corrected chi connectivity index (χ0v) is 16.5. The molecule has 130 valence electrons. The average molecular weight is 337 g/mol. The Morgan fingerprint density at radius 2 is 1.61 bits per heavy atom. The molecule has 1 aliphatic rings. The molecule has 1 aromatic rings. The SMILES string of the molecule is CCC1COC(c2cc(C(C)(C)C)c(O)c(C(C)(C)C)c2)SC1. The van der Waals surface area contributed by atoms with E-state index in [0.717, 1.165) is 23.5 Å². The van der Waals surface area contributed by atoms with Crippen molar-refractivity contribution in [2.75, 3.05) is 12.4 Å². The van der Waals surface area contributed by atoms with E-state index in [9.17, 15) is 5.11 Å². The first-order valence-corrected chi connectivity index (χ1v) is 9.70. The van der Waals surface area contributed by atoms with Gasteiger partial charge in [-0.2, -0.15) is 0 Å². The lowest BCUT2D eigenvalue weighted by Gasteiger charge is -2.32. The van der Waals surface area contributed by atoms with Crippen molar-refractivity contribution in [3.8, 4) is 5.75 Å². The molecule has 1 heterocycles. The summed E-state index contributed by atoms with van der Waals surface area (Å²) in [6, 6.07) is 4.29. The molecule has 1 saturated heterocycles. The van der Waals surface area contributed by atoms with E-state index < -0.39 is 0 Å². The monoisotopic (exact) mass is 336 g/mol. The average Bonchev–Trinajstić information content (AvgIpc) is 2.45. The van der Waals surface area contributed by atoms with Gasteiger partial charge in [0.1, 0.15) is 11.2 Å². The van der Waals surface area contributed by atoms with Crippen LogP contribution < -0.4 is 0 Å². The number of phenols is 1. The Bertz CT molecular complexity index is 509. The van der Waals surface area contributed by atoms with Gasteiger partial charge < -0.3 is 9.84 Å². The fourth-order valence-electron chi connectivity index (χ4n) is 2.91. The number of benzene rings is 1. The summed E-state index contributed by atoms with van der Waals surface area (Å²) in [6.45, 7) is 16.0. The molecule has 0 spiro atoms. The molecule has 1 aromatic carbocycles. The lowest BCUT2D eigenvalue weighted by atomic mass is 9.78. The molecule has 1 fully saturated rings. The van der Waals surface area contributed by atoms with Crippen molar-refractivity contribution in [2.24, 2.45) is 5.92 Å². The highest BCUT2D eigenvalue weighted by Gasteiger charge is 2.30. The van der Waals surface area contributed by atoms with Gasteiger partial charge in [-0.1, -0.05) is 54.9 Å². The van der Waals surface area contributed by atoms with Gasteiger partial charge in [-0.05, 0) is 45.6 Å². The van der Waals surface area contributed by atoms with Gasteiger partial charge in [0, 0.05) is 5.75 Å². The maximum atomic E-state index is 10.8. The Morgan fingerprint density at radius 1 is 1.09 bits per heavy atom. The van der Waals surface area contributed by atoms with Crippen molar-refractivity contribution in [1.82, 2.24) is 0 Å². The molecule has 2 unspecified atom stereocenters. The highest BCUT2D eigenvalue weighted by Crippen LogP contribution is 2.44. The smallest absolute Gasteiger partial charge is 0.128 e. The molecule has 0 aromatic heterocycles. The Hall–Kier alpha value is -0.670. The van der Waals surface area contributed by atoms with Crippen molar-refractivity contribution >= 4 is 11.8 Å². The molecule has 23 heavy (non-hydrogen) atoms. The summed E-state index contributed by atoms with van der Waals surface area (Å²) in [5.74, 6) is 2.26. The highest BCUT2D eigenvalue weighted by molar-refractivity contribution is 7.99. The van der Waals surface area contributed by atoms with Crippen molar-refractivity contribution in [2.45, 2.75) is 71.2 Å². The van der Waals surface area contributed by atoms with Crippen LogP contribution in [0.5, 0.6) is 5.75 Å². The minimum Gasteiger partial charge on any atom is -0.507 e. The topological polar surface area (TPSA) is 29.5 Å². The lowest BCUT2D eigenvalue weighted by Crippen LogP contribution is -2.22. The maximum absolute atomic E-state index is 10.8. The van der Waals surface area contributed by atoms with Gasteiger partial charge in [-0.15, -0.1) is 11.8 Å². The summed E-state index contributed by atoms with van der Waals surface area (Å²) >= 11 is 1.89. The van der Waals surface area contributed by atoms with E-state index in [1.165, 1.54) is 12.0 Å². The minimum absolute atomic E-state index is 0.0839. The van der Waals surface area contributed by atoms with E-state index in [1.54, 1.807) is 0 Å². The molecular weight excluding hydrogens is 304 g/mol. The second-order valence-electron chi connectivity index (χ2n) is 8.74. The molecule has 0 radical (unpaired) electrons. The van der Waals surface area contributed by atoms with E-state index in [-0.39, 0.29) is 16.3 Å². The van der Waals surface area contributed by atoms with Gasteiger partial charge in [-0.3, -0.25) is 0 Å². The van der Waals surface area contributed by atoms with Crippen LogP contribution in [0.3, 0.4) is 0 Å². The first-order valence-electron chi connectivity index (χ1n) is 8.65. The van der Waals surface area contributed by atoms with Gasteiger partial charge in [0.05, 0.1) is 6.61 Å². The summed E-state index contributed by atoms with van der Waals surface area (Å²) in [7, 11) is 0. The van der Waals surface area contributed by atoms with Crippen LogP contribution in [0.25, 0.3) is 0 Å². The van der Waals surface area contributed by atoms with Crippen LogP contribution in [0.2, 0.25) is 0 Å². The predicted molar refractivity (Wildman–Crippen MR) is 100 cm³/mol. The standard InChI is InChI=1S/C20H32O2S/c1-8-13-11-22-18(23-12-13)14-9-15(19(2,3)4)17(21)16(10-14)20(5,6)7/h9-10,13,18,21H,8,11-12H2,1-7H3. The van der Waals surface area contributed by atoms with Crippen molar-refractivity contribution in [3.63, 3.8) is 0 Å². The molecule has 0 amide bonds. The van der Waals surface area contributed by atoms with E-state index in [1.807, 2.05) is 11.8 Å². The third kappa shape index (κ3) is 4.24. The van der Waals surface area contributed by atoms with Crippen LogP contribution in [0, 0.1) is 5.92 Å². The molecule has 2 nitrogen and oxygen atoms in total. The van der Waals surface area contributed by atoms with E-state index in [0.29, 0.717) is 11.7 Å². The number of ether oxygens (including phenoxy) is 1. The Morgan fingerprint density at radius 3 is 1.96 bits per heavy atom. The fourth-order valence-corrected chi connectivity index (χ4v) is 4.19. The molecule has 0 aliphatic carbocycles. The second-order valence-corrected chi connectivity index (χ2v) is 9.83. The maximum Gasteiger partial charge on any atom is 0.128 e. The molecule has 0 saturated carbocycles. The summed E-state index contributed by atoms with van der Waals surface area (Å²) in [5, 5.41) is 10.8. The summed E-state index contributed by atoms with van der Waals surface area (Å²) in [4.78, 5) is 0. The first kappa shape index (κ1) is 18.7. The number of phenolic OH excluding ortho intramolecular Hbond substituents is 1. The zero-order valence-electron chi connectivity index (χ0n) is 15.7. The minimum atomic E-state index is -0.0919. The van der Waals surface area contributed by atoms with Crippen LogP contribution in [-0.4, -0.2) is 17.5 Å². The molecular formula is C20H32O2S. The van der Waals surface area contributed by atoms with Crippen LogP contribution in [-0.2, 0) is 15.6 Å². The molecule has 2 atom stereocenters. The van der Waals surface area contributed by atoms with E-state index in [2.05, 4.69) is 60.6 Å². The fraction of sp³-hybridized carbons (Fsp3) is 0.700. The highest BCUT2D eigenvalue weighted by atomic mass is 32.2. The third-order valence-corrected chi connectivity index (χ3v) is 5.94. The lowest BCUT2D eigenvalue weighted by molar-refractivity contribution is 0.0751. The van der Waals surface area contributed by atoms with Gasteiger partial charge in [-0.25, -0.2) is 0 Å². The van der Waals surface area contributed by atoms with Crippen LogP contribution in [0.1, 0.15) is 77.0 Å². The summed E-state index contributed by atoms with van der Waals surface area (Å²) in [6.07, 6.45) is 1.18. The summed E-state index contributed by atoms with van der Waals surface area (Å²) in [5.41, 5.74) is 3.12. The van der Waals surface area contributed by atoms with Crippen LogP contribution in [0.15, 0.2) is 12.1 Å². The third-order valence-electron chi connectivity index (χ3n) is 4.56. The first-order chi connectivity index (χ1) is 10.5. The largest absolute Gasteiger partial charge is 0.507 e. The number of rotatable bonds is 2. The Kier molecular flexibility index (Phi) is 5.42. The van der Waals surface area contributed by atoms with Crippen molar-refractivity contribution in [3.05, 3.63) is 28.8 Å². The zero-order chi connectivity index (χ0) is 17.4. The van der Waals surface area contributed by atoms with E-state index >= 15 is 0 Å². The molecule has 1 N–H and O–H groups in total. The van der Waals surface area contributed by atoms with Crippen LogP contribution >= 0.6 is 11.8 Å². The quantitative estimate of drug-likeness (QED) is 0.743. The molecule has 3 heteroatoms. The molecule has 0 bridgehead atoms. The number of hydrogen-bond donors (Lipinski definition) is 1. The molecule has 2 rings (SSSR count). The predicted octanol–water partition coefficient (Wildman–Crippen LogP) is 5.78. The Balaban J connectivity index is 2.44. The summed E-state index contributed by atoms with van der Waals surface area (Å²) < 4.78 is 6.12. The van der Waals surface area contributed by atoms with Gasteiger partial charge in [0.2, 0.25) is 0 Å². The van der Waals surface area contributed by atoms with Crippen LogP contribution in [0.4, 0.5) is 0 Å².